The van der Waals surface area contributed by atoms with Gasteiger partial charge in [0, 0.05) is 6.42 Å². The second-order valence-electron chi connectivity index (χ2n) is 11.1. The van der Waals surface area contributed by atoms with Crippen molar-refractivity contribution in [2.75, 3.05) is 54.4 Å². The van der Waals surface area contributed by atoms with E-state index in [9.17, 15) is 0 Å². The Bertz CT molecular complexity index is 314. The van der Waals surface area contributed by atoms with Crippen LogP contribution in [0, 0.1) is 0 Å². The van der Waals surface area contributed by atoms with Gasteiger partial charge in [-0.3, -0.25) is 0 Å². The zero-order valence-electron chi connectivity index (χ0n) is 22.5. The zero-order valence-corrected chi connectivity index (χ0v) is 25.7. The van der Waals surface area contributed by atoms with Crippen LogP contribution >= 0.6 is 0 Å². The van der Waals surface area contributed by atoms with Crippen molar-refractivity contribution in [1.82, 2.24) is 0 Å². The molecule has 4 heteroatoms. The summed E-state index contributed by atoms with van der Waals surface area (Å²) >= 11 is 0. The first kappa shape index (κ1) is 36.4. The Morgan fingerprint density at radius 3 is 0.839 bits per heavy atom. The maximum atomic E-state index is 2.44. The van der Waals surface area contributed by atoms with Crippen LogP contribution in [0.2, 0.25) is 0 Å². The number of hydrogen-bond acceptors (Lipinski definition) is 0. The van der Waals surface area contributed by atoms with E-state index >= 15 is 0 Å². The van der Waals surface area contributed by atoms with E-state index < -0.39 is 0 Å². The van der Waals surface area contributed by atoms with E-state index in [2.05, 4.69) is 42.0 Å². The third-order valence-electron chi connectivity index (χ3n) is 6.76. The number of unbranched alkanes of at least 4 members (excludes halogenated alkanes) is 14. The van der Waals surface area contributed by atoms with Crippen molar-refractivity contribution < 1.29 is 42.9 Å². The molecule has 2 nitrogen and oxygen atoms in total. The number of nitrogens with zero attached hydrogens (tertiary/aromatic N) is 2. The van der Waals surface area contributed by atoms with E-state index in [4.69, 9.17) is 0 Å². The van der Waals surface area contributed by atoms with Gasteiger partial charge in [0.25, 0.3) is 0 Å². The van der Waals surface area contributed by atoms with Gasteiger partial charge in [-0.15, -0.1) is 0 Å². The van der Waals surface area contributed by atoms with Gasteiger partial charge in [-0.05, 0) is 25.7 Å². The van der Waals surface area contributed by atoms with Crippen LogP contribution < -0.4 is 34.0 Å². The molecular weight excluding hydrogens is 512 g/mol. The fraction of sp³-hybridized carbons (Fsp3) is 1.00. The first-order valence-electron chi connectivity index (χ1n) is 13.5. The molecule has 0 amide bonds. The van der Waals surface area contributed by atoms with Crippen LogP contribution in [0.4, 0.5) is 0 Å². The lowest BCUT2D eigenvalue weighted by Gasteiger charge is -2.33. The molecule has 0 aromatic heterocycles. The van der Waals surface area contributed by atoms with Crippen molar-refractivity contribution in [3.05, 3.63) is 0 Å². The highest BCUT2D eigenvalue weighted by molar-refractivity contribution is 4.48. The lowest BCUT2D eigenvalue weighted by atomic mass is 10.1. The zero-order chi connectivity index (χ0) is 21.8. The summed E-state index contributed by atoms with van der Waals surface area (Å²) in [7, 11) is 9.78. The highest BCUT2D eigenvalue weighted by Gasteiger charge is 2.19. The Morgan fingerprint density at radius 1 is 0.323 bits per heavy atom. The molecule has 31 heavy (non-hydrogen) atoms. The monoisotopic (exact) mass is 570 g/mol. The smallest absolute Gasteiger partial charge is 0.0836 e. The summed E-state index contributed by atoms with van der Waals surface area (Å²) < 4.78 is 2.43. The topological polar surface area (TPSA) is 0 Å². The molecule has 0 aliphatic rings. The van der Waals surface area contributed by atoms with Crippen molar-refractivity contribution in [3.8, 4) is 0 Å². The van der Waals surface area contributed by atoms with Crippen LogP contribution in [-0.2, 0) is 0 Å². The molecule has 0 atom stereocenters. The largest absolute Gasteiger partial charge is 1.00 e. The molecule has 0 unspecified atom stereocenters. The molecule has 0 radical (unpaired) electrons. The number of quaternary nitrogens is 2. The summed E-state index contributed by atoms with van der Waals surface area (Å²) in [5.41, 5.74) is 0. The van der Waals surface area contributed by atoms with Gasteiger partial charge in [-0.25, -0.2) is 0 Å². The molecule has 0 saturated heterocycles. The lowest BCUT2D eigenvalue weighted by molar-refractivity contribution is -0.909. The quantitative estimate of drug-likeness (QED) is 0.137. The highest BCUT2D eigenvalue weighted by atomic mass is 79.9. The molecule has 0 aromatic rings. The molecule has 0 N–H and O–H groups in total. The van der Waals surface area contributed by atoms with Crippen molar-refractivity contribution >= 4 is 0 Å². The van der Waals surface area contributed by atoms with Gasteiger partial charge >= 0.3 is 0 Å². The Hall–Kier alpha value is 0.880. The van der Waals surface area contributed by atoms with E-state index in [1.807, 2.05) is 0 Å². The molecule has 0 aliphatic carbocycles. The van der Waals surface area contributed by atoms with E-state index in [1.165, 1.54) is 144 Å². The van der Waals surface area contributed by atoms with Crippen LogP contribution in [0.25, 0.3) is 0 Å². The second kappa shape index (κ2) is 24.0. The molecule has 0 spiro atoms. The maximum absolute atomic E-state index is 2.44. The van der Waals surface area contributed by atoms with E-state index in [1.54, 1.807) is 0 Å². The summed E-state index contributed by atoms with van der Waals surface area (Å²) in [5, 5.41) is 0. The average Bonchev–Trinajstić information content (AvgIpc) is 2.65. The fourth-order valence-electron chi connectivity index (χ4n) is 4.50. The third-order valence-corrected chi connectivity index (χ3v) is 6.76. The molecule has 192 valence electrons. The van der Waals surface area contributed by atoms with Crippen molar-refractivity contribution in [3.63, 3.8) is 0 Å². The summed E-state index contributed by atoms with van der Waals surface area (Å²) in [6.45, 7) is 10.0. The van der Waals surface area contributed by atoms with Crippen LogP contribution in [0.3, 0.4) is 0 Å². The number of hydrogen-bond donors (Lipinski definition) is 0. The number of halogens is 2. The summed E-state index contributed by atoms with van der Waals surface area (Å²) in [6.07, 6.45) is 24.3. The first-order chi connectivity index (χ1) is 13.8. The lowest BCUT2D eigenvalue weighted by Crippen LogP contribution is -3.00. The van der Waals surface area contributed by atoms with Crippen molar-refractivity contribution in [1.29, 1.82) is 0 Å². The first-order valence-corrected chi connectivity index (χ1v) is 13.5. The van der Waals surface area contributed by atoms with E-state index in [0.29, 0.717) is 0 Å². The van der Waals surface area contributed by atoms with E-state index in [-0.39, 0.29) is 34.0 Å². The van der Waals surface area contributed by atoms with Crippen LogP contribution in [0.1, 0.15) is 123 Å². The van der Waals surface area contributed by atoms with Gasteiger partial charge in [0.05, 0.1) is 54.4 Å². The predicted molar refractivity (Wildman–Crippen MR) is 134 cm³/mol. The maximum Gasteiger partial charge on any atom is 0.0836 e. The summed E-state index contributed by atoms with van der Waals surface area (Å²) in [5.74, 6) is 0. The molecule has 0 aromatic carbocycles. The van der Waals surface area contributed by atoms with Gasteiger partial charge in [0.15, 0.2) is 0 Å². The normalized spacial score (nSPS) is 11.8. The molecular formula is C27H60Br2N2. The Labute approximate surface area is 219 Å². The SMILES string of the molecule is CCCCCCCCCC[N+](C)(C)CCC[N+](C)(C)CCCCCCCCCC.[Br-].[Br-]. The molecule has 0 fully saturated rings. The van der Waals surface area contributed by atoms with Crippen LogP contribution in [-0.4, -0.2) is 63.3 Å². The summed E-state index contributed by atoms with van der Waals surface area (Å²) in [4.78, 5) is 0. The molecule has 0 heterocycles. The van der Waals surface area contributed by atoms with Gasteiger partial charge in [-0.2, -0.15) is 0 Å². The molecule has 0 bridgehead atoms. The molecule has 0 aliphatic heterocycles. The fourth-order valence-corrected chi connectivity index (χ4v) is 4.50. The van der Waals surface area contributed by atoms with Gasteiger partial charge in [-0.1, -0.05) is 90.9 Å². The minimum Gasteiger partial charge on any atom is -1.00 e. The van der Waals surface area contributed by atoms with E-state index in [0.717, 1.165) is 0 Å². The van der Waals surface area contributed by atoms with Crippen LogP contribution in [0.15, 0.2) is 0 Å². The van der Waals surface area contributed by atoms with Crippen molar-refractivity contribution in [2.45, 2.75) is 123 Å². The van der Waals surface area contributed by atoms with Crippen LogP contribution in [0.5, 0.6) is 0 Å². The Balaban J connectivity index is -0.00000392. The van der Waals surface area contributed by atoms with Gasteiger partial charge in [0.2, 0.25) is 0 Å². The second-order valence-corrected chi connectivity index (χ2v) is 11.1. The third kappa shape index (κ3) is 27.0. The van der Waals surface area contributed by atoms with Gasteiger partial charge < -0.3 is 42.9 Å². The predicted octanol–water partition coefficient (Wildman–Crippen LogP) is 1.82. The standard InChI is InChI=1S/C27H60N2.2BrH/c1-7-9-11-13-15-17-19-21-24-28(3,4)26-23-27-29(5,6)25-22-20-18-16-14-12-10-8-2;;/h7-27H2,1-6H3;2*1H/q+2;;/p-2. The minimum absolute atomic E-state index is 0. The minimum atomic E-state index is 0. The Morgan fingerprint density at radius 2 is 0.548 bits per heavy atom. The number of rotatable bonds is 22. The Kier molecular flexibility index (Phi) is 28.2. The average molecular weight is 573 g/mol. The molecule has 0 saturated carbocycles. The molecule has 0 rings (SSSR count). The van der Waals surface area contributed by atoms with Crippen molar-refractivity contribution in [2.24, 2.45) is 0 Å². The highest BCUT2D eigenvalue weighted by Crippen LogP contribution is 2.13. The van der Waals surface area contributed by atoms with Gasteiger partial charge in [0.1, 0.15) is 0 Å². The summed E-state index contributed by atoms with van der Waals surface area (Å²) in [6, 6.07) is 0.